The Morgan fingerprint density at radius 3 is 1.23 bits per heavy atom. The average molecular weight is 499 g/mol. The second-order valence-corrected chi connectivity index (χ2v) is 9.96. The van der Waals surface area contributed by atoms with Gasteiger partial charge in [-0.2, -0.15) is 0 Å². The number of unbranched alkanes of at least 4 members (excludes halogenated alkanes) is 13. The molecule has 7 nitrogen and oxygen atoms in total. The van der Waals surface area contributed by atoms with E-state index in [1.807, 2.05) is 0 Å². The third kappa shape index (κ3) is 22.3. The fourth-order valence-electron chi connectivity index (χ4n) is 4.54. The van der Waals surface area contributed by atoms with Crippen molar-refractivity contribution in [3.63, 3.8) is 0 Å². The van der Waals surface area contributed by atoms with E-state index in [9.17, 15) is 14.4 Å². The van der Waals surface area contributed by atoms with Gasteiger partial charge in [0, 0.05) is 0 Å². The molecule has 0 aromatic rings. The number of hydrogen-bond donors (Lipinski definition) is 3. The molecular weight excluding hydrogens is 446 g/mol. The van der Waals surface area contributed by atoms with Gasteiger partial charge in [0.15, 0.2) is 0 Å². The lowest BCUT2D eigenvalue weighted by atomic mass is 10.1. The number of quaternary nitrogens is 1. The van der Waals surface area contributed by atoms with E-state index in [1.54, 1.807) is 0 Å². The fraction of sp³-hybridized carbons (Fsp3) is 0.821. The summed E-state index contributed by atoms with van der Waals surface area (Å²) < 4.78 is 0.243. The van der Waals surface area contributed by atoms with E-state index in [0.717, 1.165) is 25.7 Å². The molecule has 0 atom stereocenters. The number of rotatable bonds is 26. The highest BCUT2D eigenvalue weighted by Crippen LogP contribution is 2.16. The van der Waals surface area contributed by atoms with E-state index < -0.39 is 17.9 Å². The molecule has 35 heavy (non-hydrogen) atoms. The minimum Gasteiger partial charge on any atom is -0.481 e. The van der Waals surface area contributed by atoms with Gasteiger partial charge in [0.25, 0.3) is 0 Å². The van der Waals surface area contributed by atoms with Crippen LogP contribution in [0.15, 0.2) is 12.2 Å². The van der Waals surface area contributed by atoms with Crippen molar-refractivity contribution < 1.29 is 34.2 Å². The van der Waals surface area contributed by atoms with Crippen molar-refractivity contribution in [3.05, 3.63) is 12.2 Å². The predicted octanol–water partition coefficient (Wildman–Crippen LogP) is 6.65. The maximum atomic E-state index is 11.1. The van der Waals surface area contributed by atoms with E-state index in [4.69, 9.17) is 15.3 Å². The molecule has 0 aliphatic heterocycles. The molecule has 204 valence electrons. The van der Waals surface area contributed by atoms with Crippen molar-refractivity contribution in [2.75, 3.05) is 26.2 Å². The van der Waals surface area contributed by atoms with Crippen LogP contribution in [0.25, 0.3) is 0 Å². The van der Waals surface area contributed by atoms with Crippen molar-refractivity contribution in [1.82, 2.24) is 0 Å². The Morgan fingerprint density at radius 2 is 0.857 bits per heavy atom. The van der Waals surface area contributed by atoms with Gasteiger partial charge in [0.2, 0.25) is 0 Å². The second-order valence-electron chi connectivity index (χ2n) is 9.96. The van der Waals surface area contributed by atoms with Crippen LogP contribution in [-0.2, 0) is 14.4 Å². The molecule has 0 rings (SSSR count). The van der Waals surface area contributed by atoms with Gasteiger partial charge in [-0.05, 0) is 32.1 Å². The van der Waals surface area contributed by atoms with Crippen molar-refractivity contribution in [1.29, 1.82) is 0 Å². The highest BCUT2D eigenvalue weighted by atomic mass is 16.4. The van der Waals surface area contributed by atoms with E-state index in [1.165, 1.54) is 70.6 Å². The molecule has 0 fully saturated rings. The van der Waals surface area contributed by atoms with Crippen molar-refractivity contribution in [2.24, 2.45) is 0 Å². The highest BCUT2D eigenvalue weighted by Gasteiger charge is 2.29. The van der Waals surface area contributed by atoms with E-state index in [-0.39, 0.29) is 43.4 Å². The number of allylic oxidation sites excluding steroid dienone is 2. The molecule has 0 spiro atoms. The van der Waals surface area contributed by atoms with E-state index in [0.29, 0.717) is 6.54 Å². The Labute approximate surface area is 213 Å². The summed E-state index contributed by atoms with van der Waals surface area (Å²) in [6.45, 7) is 3.67. The summed E-state index contributed by atoms with van der Waals surface area (Å²) in [6.07, 6.45) is 22.8. The van der Waals surface area contributed by atoms with Crippen LogP contribution in [0.2, 0.25) is 0 Å². The number of hydrogen-bond acceptors (Lipinski definition) is 3. The third-order valence-corrected chi connectivity index (χ3v) is 6.79. The molecule has 0 radical (unpaired) electrons. The van der Waals surface area contributed by atoms with Crippen LogP contribution >= 0.6 is 0 Å². The molecule has 0 saturated heterocycles. The van der Waals surface area contributed by atoms with Gasteiger partial charge < -0.3 is 19.8 Å². The molecule has 0 aliphatic rings. The summed E-state index contributed by atoms with van der Waals surface area (Å²) in [7, 11) is 0. The Bertz CT molecular complexity index is 544. The summed E-state index contributed by atoms with van der Waals surface area (Å²) in [5.41, 5.74) is 0. The van der Waals surface area contributed by atoms with E-state index >= 15 is 0 Å². The Morgan fingerprint density at radius 1 is 0.514 bits per heavy atom. The normalized spacial score (nSPS) is 11.8. The number of aliphatic carboxylic acids is 3. The van der Waals surface area contributed by atoms with Gasteiger partial charge in [-0.15, -0.1) is 0 Å². The summed E-state index contributed by atoms with van der Waals surface area (Å²) in [4.78, 5) is 33.3. The van der Waals surface area contributed by atoms with Gasteiger partial charge >= 0.3 is 17.9 Å². The quantitative estimate of drug-likeness (QED) is 0.0699. The van der Waals surface area contributed by atoms with Gasteiger partial charge in [-0.1, -0.05) is 83.3 Å². The van der Waals surface area contributed by atoms with E-state index in [2.05, 4.69) is 19.1 Å². The van der Waals surface area contributed by atoms with Crippen LogP contribution in [0.1, 0.15) is 122 Å². The smallest absolute Gasteiger partial charge is 0.309 e. The van der Waals surface area contributed by atoms with Crippen molar-refractivity contribution in [3.8, 4) is 0 Å². The van der Waals surface area contributed by atoms with Crippen LogP contribution in [0.5, 0.6) is 0 Å². The number of carboxylic acid groups (broad SMARTS) is 3. The standard InChI is InChI=1S/C28H51NO6/c1-2-3-4-5-6-7-8-9-10-11-12-13-14-15-16-17-18-22-29(23-19-26(30)31,24-20-27(32)33)25-21-28(34)35/h14-15H,2-13,16-25H2,1H3,(H2-,30,31,32,33,34,35)/p+1/b15-14+. The number of nitrogens with zero attached hydrogens (tertiary/aromatic N) is 1. The number of carbonyl (C=O) groups is 3. The Kier molecular flexibility index (Phi) is 21.3. The zero-order valence-electron chi connectivity index (χ0n) is 22.2. The molecule has 0 amide bonds. The van der Waals surface area contributed by atoms with Crippen molar-refractivity contribution >= 4 is 17.9 Å². The van der Waals surface area contributed by atoms with Crippen LogP contribution in [0.3, 0.4) is 0 Å². The maximum absolute atomic E-state index is 11.1. The molecule has 0 aromatic carbocycles. The first-order valence-electron chi connectivity index (χ1n) is 14.0. The van der Waals surface area contributed by atoms with Crippen LogP contribution < -0.4 is 0 Å². The second kappa shape index (κ2) is 22.6. The highest BCUT2D eigenvalue weighted by molar-refractivity contribution is 5.67. The summed E-state index contributed by atoms with van der Waals surface area (Å²) in [5, 5.41) is 27.3. The largest absolute Gasteiger partial charge is 0.481 e. The molecule has 0 unspecified atom stereocenters. The monoisotopic (exact) mass is 498 g/mol. The molecule has 0 heterocycles. The minimum absolute atomic E-state index is 0.0852. The van der Waals surface area contributed by atoms with Crippen molar-refractivity contribution in [2.45, 2.75) is 122 Å². The van der Waals surface area contributed by atoms with Gasteiger partial charge in [0.1, 0.15) is 0 Å². The van der Waals surface area contributed by atoms with Crippen LogP contribution in [-0.4, -0.2) is 63.9 Å². The first kappa shape index (κ1) is 33.1. The maximum Gasteiger partial charge on any atom is 0.309 e. The summed E-state index contributed by atoms with van der Waals surface area (Å²) >= 11 is 0. The zero-order chi connectivity index (χ0) is 26.2. The van der Waals surface area contributed by atoms with Crippen LogP contribution in [0.4, 0.5) is 0 Å². The number of carboxylic acids is 3. The first-order valence-corrected chi connectivity index (χ1v) is 14.0. The predicted molar refractivity (Wildman–Crippen MR) is 141 cm³/mol. The molecule has 0 aromatic heterocycles. The molecule has 0 saturated carbocycles. The lowest BCUT2D eigenvalue weighted by Crippen LogP contribution is -2.52. The van der Waals surface area contributed by atoms with Gasteiger partial charge in [-0.3, -0.25) is 14.4 Å². The third-order valence-electron chi connectivity index (χ3n) is 6.79. The Hall–Kier alpha value is -1.89. The fourth-order valence-corrected chi connectivity index (χ4v) is 4.54. The van der Waals surface area contributed by atoms with Gasteiger partial charge in [-0.25, -0.2) is 0 Å². The first-order chi connectivity index (χ1) is 16.8. The van der Waals surface area contributed by atoms with Gasteiger partial charge in [0.05, 0.1) is 45.4 Å². The van der Waals surface area contributed by atoms with Crippen LogP contribution in [0, 0.1) is 0 Å². The topological polar surface area (TPSA) is 112 Å². The lowest BCUT2D eigenvalue weighted by molar-refractivity contribution is -0.927. The SMILES string of the molecule is CCCCCCCCCCCCC/C=C/CCCC[N+](CCC(=O)O)(CCC(=O)O)CCC(=O)O. The molecule has 3 N–H and O–H groups in total. The lowest BCUT2D eigenvalue weighted by Gasteiger charge is -2.38. The molecule has 0 aliphatic carbocycles. The summed E-state index contributed by atoms with van der Waals surface area (Å²) in [6, 6.07) is 0. The molecule has 0 bridgehead atoms. The zero-order valence-corrected chi connectivity index (χ0v) is 22.2. The molecular formula is C28H52NO6+. The average Bonchev–Trinajstić information content (AvgIpc) is 2.81. The minimum atomic E-state index is -0.941. The Balaban J connectivity index is 4.10. The molecule has 7 heteroatoms. The summed E-state index contributed by atoms with van der Waals surface area (Å²) in [5.74, 6) is -2.82.